The molecule has 0 bridgehead atoms. The van der Waals surface area contributed by atoms with E-state index in [0.29, 0.717) is 12.1 Å². The molecule has 1 aliphatic rings. The Labute approximate surface area is 241 Å². The predicted octanol–water partition coefficient (Wildman–Crippen LogP) is 5.97. The zero-order chi connectivity index (χ0) is 32.3. The topological polar surface area (TPSA) is 105 Å². The number of piperidine rings is 1. The van der Waals surface area contributed by atoms with Crippen molar-refractivity contribution in [3.8, 4) is 0 Å². The van der Waals surface area contributed by atoms with Gasteiger partial charge >= 0.3 is 30.4 Å². The van der Waals surface area contributed by atoms with E-state index in [1.165, 1.54) is 31.7 Å². The minimum atomic E-state index is -5.13. The molecule has 15 heteroatoms. The first-order valence-corrected chi connectivity index (χ1v) is 13.0. The SMILES string of the molecule is CC(=O)OCCNC(=O)O[C@H]1CCN([C@@H](C)c2cc(C(F)(F)F)cc(C(F)(F)F)c2)[C@@](C(=O)O)(c2ccc(F)cc2C)C1. The van der Waals surface area contributed by atoms with Crippen LogP contribution in [-0.2, 0) is 37.0 Å². The van der Waals surface area contributed by atoms with Gasteiger partial charge in [-0.2, -0.15) is 26.3 Å². The fraction of sp³-hybridized carbons (Fsp3) is 0.464. The number of esters is 1. The van der Waals surface area contributed by atoms with Crippen LogP contribution in [0.2, 0.25) is 0 Å². The fourth-order valence-corrected chi connectivity index (χ4v) is 5.27. The number of carbonyl (C=O) groups is 3. The quantitative estimate of drug-likeness (QED) is 0.213. The monoisotopic (exact) mass is 622 g/mol. The maximum Gasteiger partial charge on any atom is 0.416 e. The van der Waals surface area contributed by atoms with Crippen LogP contribution in [0.1, 0.15) is 60.5 Å². The zero-order valence-corrected chi connectivity index (χ0v) is 23.2. The molecule has 3 atom stereocenters. The highest BCUT2D eigenvalue weighted by atomic mass is 19.4. The minimum Gasteiger partial charge on any atom is -0.480 e. The van der Waals surface area contributed by atoms with Crippen molar-refractivity contribution >= 4 is 18.0 Å². The number of aryl methyl sites for hydroxylation is 1. The molecule has 1 fully saturated rings. The number of nitrogens with zero attached hydrogens (tertiary/aromatic N) is 1. The summed E-state index contributed by atoms with van der Waals surface area (Å²) in [7, 11) is 0. The largest absolute Gasteiger partial charge is 0.480 e. The fourth-order valence-electron chi connectivity index (χ4n) is 5.27. The first-order valence-electron chi connectivity index (χ1n) is 13.0. The second-order valence-corrected chi connectivity index (χ2v) is 10.1. The van der Waals surface area contributed by atoms with Gasteiger partial charge in [-0.1, -0.05) is 6.07 Å². The first-order chi connectivity index (χ1) is 19.9. The van der Waals surface area contributed by atoms with E-state index in [1.807, 2.05) is 0 Å². The first kappa shape index (κ1) is 33.6. The average molecular weight is 623 g/mol. The molecule has 236 valence electrons. The number of amides is 1. The molecule has 8 nitrogen and oxygen atoms in total. The van der Waals surface area contributed by atoms with Crippen LogP contribution in [0, 0.1) is 12.7 Å². The van der Waals surface area contributed by atoms with Crippen molar-refractivity contribution in [1.29, 1.82) is 0 Å². The molecule has 0 radical (unpaired) electrons. The molecular formula is C28H29F7N2O6. The normalized spacial score (nSPS) is 20.3. The number of alkyl halides is 6. The number of carbonyl (C=O) groups excluding carboxylic acids is 2. The minimum absolute atomic E-state index is 0.0137. The van der Waals surface area contributed by atoms with Crippen LogP contribution in [0.4, 0.5) is 35.5 Å². The van der Waals surface area contributed by atoms with Gasteiger partial charge < -0.3 is 19.9 Å². The second kappa shape index (κ2) is 12.8. The van der Waals surface area contributed by atoms with Crippen molar-refractivity contribution in [3.63, 3.8) is 0 Å². The van der Waals surface area contributed by atoms with Gasteiger partial charge in [-0.05, 0) is 67.3 Å². The lowest BCUT2D eigenvalue weighted by atomic mass is 9.75. The summed E-state index contributed by atoms with van der Waals surface area (Å²) in [6, 6.07) is 2.90. The number of rotatable bonds is 8. The number of hydrogen-bond donors (Lipinski definition) is 2. The molecule has 0 aromatic heterocycles. The Bertz CT molecular complexity index is 1330. The van der Waals surface area contributed by atoms with Crippen molar-refractivity contribution < 1.29 is 59.7 Å². The summed E-state index contributed by atoms with van der Waals surface area (Å²) in [6.45, 7) is 3.32. The Hall–Kier alpha value is -3.88. The van der Waals surface area contributed by atoms with Crippen LogP contribution in [0.3, 0.4) is 0 Å². The zero-order valence-electron chi connectivity index (χ0n) is 23.2. The van der Waals surface area contributed by atoms with Crippen LogP contribution >= 0.6 is 0 Å². The molecule has 2 N–H and O–H groups in total. The summed E-state index contributed by atoms with van der Waals surface area (Å²) in [5, 5.41) is 13.0. The number of nitrogens with one attached hydrogen (secondary N) is 1. The molecule has 0 saturated carbocycles. The van der Waals surface area contributed by atoms with E-state index < -0.39 is 77.0 Å². The summed E-state index contributed by atoms with van der Waals surface area (Å²) in [5.74, 6) is -2.83. The molecule has 2 aromatic carbocycles. The van der Waals surface area contributed by atoms with Gasteiger partial charge in [0, 0.05) is 25.9 Å². The summed E-state index contributed by atoms with van der Waals surface area (Å²) >= 11 is 0. The molecule has 1 heterocycles. The van der Waals surface area contributed by atoms with E-state index in [0.717, 1.165) is 12.1 Å². The highest BCUT2D eigenvalue weighted by molar-refractivity contribution is 5.82. The van der Waals surface area contributed by atoms with Crippen molar-refractivity contribution in [1.82, 2.24) is 10.2 Å². The molecule has 0 spiro atoms. The molecule has 3 rings (SSSR count). The lowest BCUT2D eigenvalue weighted by Crippen LogP contribution is -2.59. The molecule has 1 saturated heterocycles. The summed E-state index contributed by atoms with van der Waals surface area (Å²) in [6.07, 6.45) is -12.8. The van der Waals surface area contributed by atoms with Crippen molar-refractivity contribution in [3.05, 3.63) is 70.0 Å². The van der Waals surface area contributed by atoms with Crippen LogP contribution in [0.25, 0.3) is 0 Å². The van der Waals surface area contributed by atoms with Gasteiger partial charge in [0.15, 0.2) is 0 Å². The van der Waals surface area contributed by atoms with E-state index in [9.17, 15) is 50.2 Å². The summed E-state index contributed by atoms with van der Waals surface area (Å²) < 4.78 is 106. The Morgan fingerprint density at radius 3 is 2.19 bits per heavy atom. The standard InChI is InChI=1S/C28H29F7N2O6/c1-15-10-21(29)4-5-23(15)26(24(39)40)14-22(43-25(41)36-7-9-42-17(3)38)6-8-37(26)16(2)18-11-19(27(30,31)32)13-20(12-18)28(33,34)35/h4-5,10-13,16,22H,6-9,14H2,1-3H3,(H,36,41)(H,39,40)/t16-,22-,26+/m0/s1. The number of halogens is 7. The van der Waals surface area contributed by atoms with E-state index in [1.54, 1.807) is 0 Å². The maximum absolute atomic E-state index is 14.0. The van der Waals surface area contributed by atoms with E-state index in [4.69, 9.17) is 9.47 Å². The predicted molar refractivity (Wildman–Crippen MR) is 136 cm³/mol. The van der Waals surface area contributed by atoms with Crippen LogP contribution in [-0.4, -0.2) is 53.8 Å². The average Bonchev–Trinajstić information content (AvgIpc) is 2.89. The van der Waals surface area contributed by atoms with Crippen molar-refractivity contribution in [2.75, 3.05) is 19.7 Å². The summed E-state index contributed by atoms with van der Waals surface area (Å²) in [4.78, 5) is 37.6. The third kappa shape index (κ3) is 7.75. The molecule has 1 aliphatic heterocycles. The number of ether oxygens (including phenoxy) is 2. The van der Waals surface area contributed by atoms with Crippen LogP contribution < -0.4 is 5.32 Å². The van der Waals surface area contributed by atoms with Gasteiger partial charge in [-0.25, -0.2) is 14.0 Å². The Morgan fingerprint density at radius 1 is 1.07 bits per heavy atom. The Kier molecular flexibility index (Phi) is 9.99. The third-order valence-electron chi connectivity index (χ3n) is 7.20. The molecule has 0 aliphatic carbocycles. The number of likely N-dealkylation sites (tertiary alicyclic amines) is 1. The number of carboxylic acids is 1. The lowest BCUT2D eigenvalue weighted by molar-refractivity contribution is -0.163. The number of alkyl carbamates (subject to hydrolysis) is 1. The Balaban J connectivity index is 2.07. The van der Waals surface area contributed by atoms with Crippen molar-refractivity contribution in [2.45, 2.75) is 63.7 Å². The second-order valence-electron chi connectivity index (χ2n) is 10.1. The van der Waals surface area contributed by atoms with Gasteiger partial charge in [0.25, 0.3) is 0 Å². The third-order valence-corrected chi connectivity index (χ3v) is 7.20. The lowest BCUT2D eigenvalue weighted by Gasteiger charge is -2.50. The molecule has 0 unspecified atom stereocenters. The van der Waals surface area contributed by atoms with E-state index in [2.05, 4.69) is 5.32 Å². The van der Waals surface area contributed by atoms with E-state index in [-0.39, 0.29) is 43.3 Å². The molecule has 43 heavy (non-hydrogen) atoms. The Morgan fingerprint density at radius 2 is 1.67 bits per heavy atom. The highest BCUT2D eigenvalue weighted by Gasteiger charge is 2.53. The number of benzene rings is 2. The van der Waals surface area contributed by atoms with E-state index >= 15 is 0 Å². The molecule has 2 aromatic rings. The smallest absolute Gasteiger partial charge is 0.416 e. The van der Waals surface area contributed by atoms with Gasteiger partial charge in [0.2, 0.25) is 0 Å². The van der Waals surface area contributed by atoms with Gasteiger partial charge in [0.1, 0.15) is 24.1 Å². The number of hydrogen-bond acceptors (Lipinski definition) is 6. The maximum atomic E-state index is 14.0. The number of aliphatic carboxylic acids is 1. The van der Waals surface area contributed by atoms with Gasteiger partial charge in [0.05, 0.1) is 17.7 Å². The summed E-state index contributed by atoms with van der Waals surface area (Å²) in [5.41, 5.74) is -5.58. The van der Waals surface area contributed by atoms with Crippen molar-refractivity contribution in [2.24, 2.45) is 0 Å². The molecule has 1 amide bonds. The van der Waals surface area contributed by atoms with Gasteiger partial charge in [-0.3, -0.25) is 9.69 Å². The molecular weight excluding hydrogens is 593 g/mol. The van der Waals surface area contributed by atoms with Crippen LogP contribution in [0.15, 0.2) is 36.4 Å². The highest BCUT2D eigenvalue weighted by Crippen LogP contribution is 2.46. The number of carboxylic acid groups (broad SMARTS) is 1. The van der Waals surface area contributed by atoms with Crippen LogP contribution in [0.5, 0.6) is 0 Å². The van der Waals surface area contributed by atoms with Gasteiger partial charge in [-0.15, -0.1) is 0 Å².